The van der Waals surface area contributed by atoms with Gasteiger partial charge in [-0.05, 0) is 36.5 Å². The Balaban J connectivity index is 2.12. The summed E-state index contributed by atoms with van der Waals surface area (Å²) in [4.78, 5) is 14.4. The number of nitrogens with two attached hydrogens (primary N) is 1. The molecule has 0 spiro atoms. The first kappa shape index (κ1) is 16.6. The quantitative estimate of drug-likeness (QED) is 0.906. The van der Waals surface area contributed by atoms with Gasteiger partial charge < -0.3 is 10.6 Å². The van der Waals surface area contributed by atoms with Crippen LogP contribution in [0.1, 0.15) is 44.7 Å². The molecule has 1 aliphatic heterocycles. The van der Waals surface area contributed by atoms with Gasteiger partial charge in [-0.15, -0.1) is 0 Å². The first-order valence-electron chi connectivity index (χ1n) is 7.40. The van der Waals surface area contributed by atoms with Gasteiger partial charge in [0.25, 0.3) is 0 Å². The van der Waals surface area contributed by atoms with Crippen molar-refractivity contribution in [1.82, 2.24) is 4.90 Å². The van der Waals surface area contributed by atoms with Crippen LogP contribution in [0.25, 0.3) is 0 Å². The van der Waals surface area contributed by atoms with Crippen molar-refractivity contribution >= 4 is 29.1 Å². The molecule has 1 aromatic rings. The maximum absolute atomic E-state index is 12.5. The van der Waals surface area contributed by atoms with Crippen molar-refractivity contribution in [3.05, 3.63) is 33.8 Å². The molecule has 2 rings (SSSR count). The number of benzene rings is 1. The van der Waals surface area contributed by atoms with Crippen molar-refractivity contribution in [2.24, 2.45) is 11.7 Å². The van der Waals surface area contributed by atoms with Crippen molar-refractivity contribution in [3.63, 3.8) is 0 Å². The standard InChI is InChI=1S/C16H22Cl2N2O/c1-10(2)14(19)9-16(21)20-7-3-4-15(20)11-5-6-12(17)13(18)8-11/h5-6,8,10,14-15H,3-4,7,9,19H2,1-2H3. The highest BCUT2D eigenvalue weighted by Gasteiger charge is 2.31. The van der Waals surface area contributed by atoms with Crippen LogP contribution >= 0.6 is 23.2 Å². The summed E-state index contributed by atoms with van der Waals surface area (Å²) in [7, 11) is 0. The summed E-state index contributed by atoms with van der Waals surface area (Å²) >= 11 is 12.1. The van der Waals surface area contributed by atoms with Gasteiger partial charge in [0.15, 0.2) is 0 Å². The maximum Gasteiger partial charge on any atom is 0.224 e. The molecule has 0 aromatic heterocycles. The number of halogens is 2. The van der Waals surface area contributed by atoms with Crippen LogP contribution in [0.15, 0.2) is 18.2 Å². The van der Waals surface area contributed by atoms with E-state index >= 15 is 0 Å². The van der Waals surface area contributed by atoms with Crippen LogP contribution in [0.2, 0.25) is 10.0 Å². The Morgan fingerprint density at radius 1 is 1.38 bits per heavy atom. The average Bonchev–Trinajstić information content (AvgIpc) is 2.91. The normalized spacial score (nSPS) is 20.1. The van der Waals surface area contributed by atoms with Crippen LogP contribution in [0.4, 0.5) is 0 Å². The molecule has 2 atom stereocenters. The predicted octanol–water partition coefficient (Wildman–Crippen LogP) is 4.03. The molecular weight excluding hydrogens is 307 g/mol. The zero-order valence-corrected chi connectivity index (χ0v) is 14.0. The molecule has 0 radical (unpaired) electrons. The fourth-order valence-corrected chi connectivity index (χ4v) is 2.99. The van der Waals surface area contributed by atoms with Gasteiger partial charge in [-0.2, -0.15) is 0 Å². The van der Waals surface area contributed by atoms with E-state index in [-0.39, 0.29) is 18.0 Å². The lowest BCUT2D eigenvalue weighted by atomic mass is 10.00. The van der Waals surface area contributed by atoms with E-state index < -0.39 is 0 Å². The molecule has 2 unspecified atom stereocenters. The van der Waals surface area contributed by atoms with Crippen LogP contribution in [0.3, 0.4) is 0 Å². The van der Waals surface area contributed by atoms with E-state index in [0.717, 1.165) is 24.9 Å². The zero-order valence-electron chi connectivity index (χ0n) is 12.5. The largest absolute Gasteiger partial charge is 0.336 e. The lowest BCUT2D eigenvalue weighted by Gasteiger charge is -2.27. The topological polar surface area (TPSA) is 46.3 Å². The molecule has 1 saturated heterocycles. The Morgan fingerprint density at radius 3 is 2.71 bits per heavy atom. The van der Waals surface area contributed by atoms with E-state index in [1.54, 1.807) is 6.07 Å². The highest BCUT2D eigenvalue weighted by Crippen LogP contribution is 2.35. The molecule has 1 amide bonds. The number of carbonyl (C=O) groups is 1. The van der Waals surface area contributed by atoms with E-state index in [1.165, 1.54) is 0 Å². The fraction of sp³-hybridized carbons (Fsp3) is 0.562. The number of rotatable bonds is 4. The van der Waals surface area contributed by atoms with Gasteiger partial charge in [-0.3, -0.25) is 4.79 Å². The molecule has 1 fully saturated rings. The molecule has 2 N–H and O–H groups in total. The minimum Gasteiger partial charge on any atom is -0.336 e. The first-order chi connectivity index (χ1) is 9.90. The molecule has 0 saturated carbocycles. The smallest absolute Gasteiger partial charge is 0.224 e. The molecule has 116 valence electrons. The highest BCUT2D eigenvalue weighted by molar-refractivity contribution is 6.42. The zero-order chi connectivity index (χ0) is 15.6. The fourth-order valence-electron chi connectivity index (χ4n) is 2.69. The van der Waals surface area contributed by atoms with E-state index in [1.807, 2.05) is 30.9 Å². The average molecular weight is 329 g/mol. The maximum atomic E-state index is 12.5. The van der Waals surface area contributed by atoms with Crippen LogP contribution in [-0.4, -0.2) is 23.4 Å². The summed E-state index contributed by atoms with van der Waals surface area (Å²) in [6, 6.07) is 5.61. The molecule has 5 heteroatoms. The molecular formula is C16H22Cl2N2O. The summed E-state index contributed by atoms with van der Waals surface area (Å²) in [5, 5.41) is 1.07. The van der Waals surface area contributed by atoms with Gasteiger partial charge in [0.1, 0.15) is 0 Å². The van der Waals surface area contributed by atoms with E-state index in [4.69, 9.17) is 28.9 Å². The van der Waals surface area contributed by atoms with Gasteiger partial charge in [0, 0.05) is 19.0 Å². The molecule has 0 aliphatic carbocycles. The molecule has 1 heterocycles. The van der Waals surface area contributed by atoms with Gasteiger partial charge >= 0.3 is 0 Å². The van der Waals surface area contributed by atoms with Gasteiger partial charge in [-0.25, -0.2) is 0 Å². The number of hydrogen-bond acceptors (Lipinski definition) is 2. The number of hydrogen-bond donors (Lipinski definition) is 1. The van der Waals surface area contributed by atoms with Crippen molar-refractivity contribution in [2.45, 2.75) is 45.2 Å². The van der Waals surface area contributed by atoms with Crippen LogP contribution in [0.5, 0.6) is 0 Å². The minimum absolute atomic E-state index is 0.0895. The Kier molecular flexibility index (Phi) is 5.53. The van der Waals surface area contributed by atoms with Crippen molar-refractivity contribution in [3.8, 4) is 0 Å². The third kappa shape index (κ3) is 3.91. The number of carbonyl (C=O) groups excluding carboxylic acids is 1. The summed E-state index contributed by atoms with van der Waals surface area (Å²) in [5.41, 5.74) is 7.08. The second-order valence-corrected chi connectivity index (χ2v) is 6.85. The van der Waals surface area contributed by atoms with Crippen LogP contribution in [0, 0.1) is 5.92 Å². The van der Waals surface area contributed by atoms with Gasteiger partial charge in [0.05, 0.1) is 16.1 Å². The summed E-state index contributed by atoms with van der Waals surface area (Å²) in [6.07, 6.45) is 2.36. The van der Waals surface area contributed by atoms with Crippen molar-refractivity contribution in [2.75, 3.05) is 6.54 Å². The first-order valence-corrected chi connectivity index (χ1v) is 8.15. The molecule has 1 aliphatic rings. The highest BCUT2D eigenvalue weighted by atomic mass is 35.5. The monoisotopic (exact) mass is 328 g/mol. The molecule has 1 aromatic carbocycles. The Hall–Kier alpha value is -0.770. The number of likely N-dealkylation sites (tertiary alicyclic amines) is 1. The lowest BCUT2D eigenvalue weighted by molar-refractivity contribution is -0.132. The van der Waals surface area contributed by atoms with Crippen LogP contribution < -0.4 is 5.73 Å². The molecule has 3 nitrogen and oxygen atoms in total. The molecule has 21 heavy (non-hydrogen) atoms. The van der Waals surface area contributed by atoms with Crippen molar-refractivity contribution < 1.29 is 4.79 Å². The minimum atomic E-state index is -0.0902. The Labute approximate surface area is 136 Å². The van der Waals surface area contributed by atoms with Gasteiger partial charge in [0.2, 0.25) is 5.91 Å². The SMILES string of the molecule is CC(C)C(N)CC(=O)N1CCCC1c1ccc(Cl)c(Cl)c1. The Bertz CT molecular complexity index is 519. The number of nitrogens with zero attached hydrogens (tertiary/aromatic N) is 1. The lowest BCUT2D eigenvalue weighted by Crippen LogP contribution is -2.37. The van der Waals surface area contributed by atoms with E-state index in [2.05, 4.69) is 0 Å². The van der Waals surface area contributed by atoms with E-state index in [0.29, 0.717) is 22.4 Å². The van der Waals surface area contributed by atoms with E-state index in [9.17, 15) is 4.79 Å². The predicted molar refractivity (Wildman–Crippen MR) is 87.6 cm³/mol. The Morgan fingerprint density at radius 2 is 2.10 bits per heavy atom. The summed E-state index contributed by atoms with van der Waals surface area (Å²) in [5.74, 6) is 0.435. The van der Waals surface area contributed by atoms with Crippen LogP contribution in [-0.2, 0) is 4.79 Å². The summed E-state index contributed by atoms with van der Waals surface area (Å²) in [6.45, 7) is 4.87. The summed E-state index contributed by atoms with van der Waals surface area (Å²) < 4.78 is 0. The third-order valence-corrected chi connectivity index (χ3v) is 4.91. The molecule has 0 bridgehead atoms. The number of amides is 1. The van der Waals surface area contributed by atoms with Gasteiger partial charge in [-0.1, -0.05) is 43.1 Å². The van der Waals surface area contributed by atoms with Crippen molar-refractivity contribution in [1.29, 1.82) is 0 Å². The third-order valence-electron chi connectivity index (χ3n) is 4.17. The second kappa shape index (κ2) is 6.99. The second-order valence-electron chi connectivity index (χ2n) is 6.03.